The third-order valence-corrected chi connectivity index (χ3v) is 12.2. The molecule has 0 aromatic carbocycles. The highest BCUT2D eigenvalue weighted by Crippen LogP contribution is 2.70. The lowest BCUT2D eigenvalue weighted by atomic mass is 9.45. The number of hydrogen-bond acceptors (Lipinski definition) is 22. The molecule has 2 aliphatic heterocycles. The molecule has 22 heteroatoms. The molecule has 2 aliphatic carbocycles. The summed E-state index contributed by atoms with van der Waals surface area (Å²) in [5.41, 5.74) is -13.3. The molecule has 0 radical (unpaired) electrons. The summed E-state index contributed by atoms with van der Waals surface area (Å²) in [6.07, 6.45) is -11.1. The highest BCUT2D eigenvalue weighted by Gasteiger charge is 2.92. The third-order valence-electron chi connectivity index (χ3n) is 12.2. The first-order valence-electron chi connectivity index (χ1n) is 20.4. The fraction of sp³-hybridized carbons (Fsp3) is 0.581. The minimum absolute atomic E-state index is 0.0413. The van der Waals surface area contributed by atoms with Gasteiger partial charge >= 0.3 is 53.7 Å². The largest absolute Gasteiger partial charge is 0.465 e. The van der Waals surface area contributed by atoms with E-state index in [0.29, 0.717) is 0 Å². The molecule has 4 aliphatic rings. The number of aryl methyl sites for hydroxylation is 1. The van der Waals surface area contributed by atoms with Crippen LogP contribution in [0.15, 0.2) is 41.1 Å². The topological polar surface area (TPSA) is 292 Å². The highest BCUT2D eigenvalue weighted by molar-refractivity contribution is 5.91. The minimum atomic E-state index is -3.02. The van der Waals surface area contributed by atoms with E-state index < -0.39 is 144 Å². The monoisotopic (exact) mass is 915 g/mol. The van der Waals surface area contributed by atoms with Crippen molar-refractivity contribution in [1.82, 2.24) is 4.98 Å². The van der Waals surface area contributed by atoms with Gasteiger partial charge in [0.05, 0.1) is 23.4 Å². The maximum absolute atomic E-state index is 15.0. The van der Waals surface area contributed by atoms with E-state index in [1.807, 2.05) is 0 Å². The molecule has 22 nitrogen and oxygen atoms in total. The van der Waals surface area contributed by atoms with Gasteiger partial charge in [0.15, 0.2) is 30.0 Å². The average molecular weight is 916 g/mol. The molecule has 1 N–H and O–H groups in total. The Hall–Kier alpha value is -6.42. The predicted molar refractivity (Wildman–Crippen MR) is 208 cm³/mol. The first kappa shape index (κ1) is 48.0. The summed E-state index contributed by atoms with van der Waals surface area (Å²) < 4.78 is 65.6. The van der Waals surface area contributed by atoms with Crippen LogP contribution in [0.4, 0.5) is 0 Å². The van der Waals surface area contributed by atoms with E-state index in [-0.39, 0.29) is 23.4 Å². The quantitative estimate of drug-likeness (QED) is 0.275. The van der Waals surface area contributed by atoms with E-state index in [1.54, 1.807) is 0 Å². The van der Waals surface area contributed by atoms with Gasteiger partial charge in [-0.1, -0.05) is 0 Å². The Morgan fingerprint density at radius 2 is 1.35 bits per heavy atom. The van der Waals surface area contributed by atoms with Crippen molar-refractivity contribution in [3.63, 3.8) is 0 Å². The number of aromatic nitrogens is 1. The van der Waals surface area contributed by atoms with E-state index >= 15 is 4.79 Å². The number of rotatable bonds is 9. The number of nitrogens with zero attached hydrogens (tertiary/aromatic N) is 1. The molecule has 0 unspecified atom stereocenters. The summed E-state index contributed by atoms with van der Waals surface area (Å²) in [4.78, 5) is 127. The second-order valence-corrected chi connectivity index (χ2v) is 16.9. The minimum Gasteiger partial charge on any atom is -0.465 e. The van der Waals surface area contributed by atoms with Crippen molar-refractivity contribution in [3.05, 3.63) is 53.7 Å². The van der Waals surface area contributed by atoms with Crippen molar-refractivity contribution in [2.24, 2.45) is 11.3 Å². The number of fused-ring (bicyclic) bond motifs is 5. The molecule has 2 aromatic rings. The SMILES string of the molecule is CC(=O)OC[C@]12[C@H](OC(C)=O)[C@H](OC(C)=O)[C@@H]3[C@@H](OC(C)=O)[C@@]14O[C@@]3(C)COC(=O)c1cccnc1CC[C@@](C)(OC(=O)c1ccco1)C(=O)O[C@@H]([C@H](OC(C)=O)[C@@H]2OC(C)=O)[C@]4(C)O. The van der Waals surface area contributed by atoms with E-state index in [4.69, 9.17) is 51.8 Å². The molecule has 4 bridgehead atoms. The van der Waals surface area contributed by atoms with Crippen LogP contribution in [0.2, 0.25) is 0 Å². The van der Waals surface area contributed by atoms with Crippen LogP contribution in [-0.2, 0) is 87.4 Å². The molecule has 4 heterocycles. The summed E-state index contributed by atoms with van der Waals surface area (Å²) in [5.74, 6) is -12.2. The van der Waals surface area contributed by atoms with Gasteiger partial charge in [0.2, 0.25) is 11.4 Å². The molecule has 0 amide bonds. The van der Waals surface area contributed by atoms with Crippen molar-refractivity contribution < 1.29 is 100 Å². The Kier molecular flexibility index (Phi) is 12.9. The fourth-order valence-electron chi connectivity index (χ4n) is 9.89. The van der Waals surface area contributed by atoms with Crippen molar-refractivity contribution >= 4 is 53.7 Å². The van der Waals surface area contributed by atoms with E-state index in [2.05, 4.69) is 4.98 Å². The summed E-state index contributed by atoms with van der Waals surface area (Å²) in [6.45, 7) is 7.19. The molecule has 352 valence electrons. The van der Waals surface area contributed by atoms with E-state index in [1.165, 1.54) is 43.6 Å². The summed E-state index contributed by atoms with van der Waals surface area (Å²) in [5, 5.41) is 13.7. The molecule has 65 heavy (non-hydrogen) atoms. The number of ether oxygens (including phenoxy) is 10. The van der Waals surface area contributed by atoms with Gasteiger partial charge < -0.3 is 56.9 Å². The number of hydrogen-bond donors (Lipinski definition) is 1. The van der Waals surface area contributed by atoms with Gasteiger partial charge in [-0.3, -0.25) is 33.8 Å². The molecule has 2 saturated carbocycles. The second kappa shape index (κ2) is 17.5. The highest BCUT2D eigenvalue weighted by atomic mass is 16.7. The van der Waals surface area contributed by atoms with Crippen molar-refractivity contribution in [3.8, 4) is 0 Å². The van der Waals surface area contributed by atoms with Gasteiger partial charge in [0.1, 0.15) is 42.0 Å². The number of aliphatic hydroxyl groups is 1. The van der Waals surface area contributed by atoms with E-state index in [9.17, 15) is 43.5 Å². The normalized spacial score (nSPS) is 35.0. The lowest BCUT2D eigenvalue weighted by Gasteiger charge is -2.67. The molecular formula is C43H49NO21. The summed E-state index contributed by atoms with van der Waals surface area (Å²) in [7, 11) is 0. The van der Waals surface area contributed by atoms with Gasteiger partial charge in [-0.25, -0.2) is 14.4 Å². The number of esters is 9. The van der Waals surface area contributed by atoms with Crippen LogP contribution in [0, 0.1) is 11.3 Å². The summed E-state index contributed by atoms with van der Waals surface area (Å²) >= 11 is 0. The Morgan fingerprint density at radius 1 is 0.769 bits per heavy atom. The third kappa shape index (κ3) is 8.28. The van der Waals surface area contributed by atoms with Crippen LogP contribution in [0.1, 0.15) is 95.3 Å². The molecule has 3 fully saturated rings. The van der Waals surface area contributed by atoms with Crippen molar-refractivity contribution in [2.75, 3.05) is 13.2 Å². The lowest BCUT2D eigenvalue weighted by Crippen LogP contribution is -2.89. The summed E-state index contributed by atoms with van der Waals surface area (Å²) in [6, 6.07) is 5.40. The maximum atomic E-state index is 15.0. The first-order chi connectivity index (χ1) is 30.3. The Morgan fingerprint density at radius 3 is 1.92 bits per heavy atom. The fourth-order valence-corrected chi connectivity index (χ4v) is 9.89. The van der Waals surface area contributed by atoms with Crippen molar-refractivity contribution in [1.29, 1.82) is 0 Å². The Bertz CT molecular complexity index is 2270. The standard InChI is InChI=1S/C43H49NO21/c1-20(45)56-19-42-34(61-24(5)49)30(58-21(2)46)29-32(60-23(4)48)43(42)41(9,54)33(31(59-22(3)47)35(42)62-25(6)50)63-38(53)39(7,64-37(52)28-13-11-17-55-28)15-14-27-26(12-10-16-44-27)36(51)57-18-40(29,8)65-43/h10-13,16-17,29-35,54H,14-15,18-19H2,1-9H3/t29-,30-,31+,32-,33+,34-,35+,39-,40+,41+,42-,43+/m1/s1. The predicted octanol–water partition coefficient (Wildman–Crippen LogP) is 1.44. The number of carbonyl (C=O) groups is 9. The van der Waals surface area contributed by atoms with Crippen LogP contribution < -0.4 is 0 Å². The van der Waals surface area contributed by atoms with Gasteiger partial charge in [0.25, 0.3) is 0 Å². The van der Waals surface area contributed by atoms with Crippen LogP contribution in [0.25, 0.3) is 0 Å². The number of carbonyl (C=O) groups excluding carboxylic acids is 9. The molecule has 1 spiro atoms. The average Bonchev–Trinajstić information content (AvgIpc) is 3.82. The molecular weight excluding hydrogens is 866 g/mol. The zero-order valence-electron chi connectivity index (χ0n) is 36.9. The lowest BCUT2D eigenvalue weighted by molar-refractivity contribution is -0.387. The van der Waals surface area contributed by atoms with Crippen LogP contribution in [0.3, 0.4) is 0 Å². The van der Waals surface area contributed by atoms with Gasteiger partial charge in [-0.15, -0.1) is 0 Å². The zero-order chi connectivity index (χ0) is 48.0. The van der Waals surface area contributed by atoms with Gasteiger partial charge in [0, 0.05) is 54.2 Å². The number of furan rings is 1. The Labute approximate surface area is 370 Å². The van der Waals surface area contributed by atoms with E-state index in [0.717, 1.165) is 55.4 Å². The zero-order valence-corrected chi connectivity index (χ0v) is 36.9. The second-order valence-electron chi connectivity index (χ2n) is 16.9. The van der Waals surface area contributed by atoms with Crippen LogP contribution in [0.5, 0.6) is 0 Å². The number of cyclic esters (lactones) is 1. The van der Waals surface area contributed by atoms with Crippen LogP contribution in [-0.4, -0.2) is 136 Å². The number of pyridine rings is 1. The maximum Gasteiger partial charge on any atom is 0.375 e. The van der Waals surface area contributed by atoms with Gasteiger partial charge in [-0.05, 0) is 51.5 Å². The smallest absolute Gasteiger partial charge is 0.375 e. The Balaban J connectivity index is 1.77. The molecule has 12 atom stereocenters. The first-order valence-corrected chi connectivity index (χ1v) is 20.4. The van der Waals surface area contributed by atoms with Crippen molar-refractivity contribution in [2.45, 2.75) is 134 Å². The molecule has 2 aromatic heterocycles. The molecule has 6 rings (SSSR count). The van der Waals surface area contributed by atoms with Crippen LogP contribution >= 0.6 is 0 Å². The molecule has 1 saturated heterocycles. The van der Waals surface area contributed by atoms with Gasteiger partial charge in [-0.2, -0.15) is 0 Å².